The molecule has 0 aromatic heterocycles. The molecule has 1 fully saturated rings. The number of carbonyl (C=O) groups excluding carboxylic acids is 1. The van der Waals surface area contributed by atoms with Gasteiger partial charge in [0.05, 0.1) is 6.10 Å². The molecule has 1 rings (SSSR count). The highest BCUT2D eigenvalue weighted by atomic mass is 16.5. The van der Waals surface area contributed by atoms with Crippen molar-refractivity contribution in [3.8, 4) is 0 Å². The SMILES string of the molecule is CNC(=O)COC1CCC(C)NC1. The Hall–Kier alpha value is -0.610. The maximum atomic E-state index is 10.9. The van der Waals surface area contributed by atoms with Gasteiger partial charge >= 0.3 is 0 Å². The monoisotopic (exact) mass is 186 g/mol. The zero-order valence-corrected chi connectivity index (χ0v) is 8.30. The molecule has 1 aliphatic heterocycles. The molecular weight excluding hydrogens is 168 g/mol. The summed E-state index contributed by atoms with van der Waals surface area (Å²) in [5.74, 6) is -0.0568. The molecule has 13 heavy (non-hydrogen) atoms. The molecule has 0 saturated carbocycles. The minimum atomic E-state index is -0.0568. The van der Waals surface area contributed by atoms with E-state index in [0.717, 1.165) is 19.4 Å². The Bertz CT molecular complexity index is 165. The largest absolute Gasteiger partial charge is 0.367 e. The number of ether oxygens (including phenoxy) is 1. The summed E-state index contributed by atoms with van der Waals surface area (Å²) >= 11 is 0. The molecule has 0 radical (unpaired) electrons. The fourth-order valence-corrected chi connectivity index (χ4v) is 1.38. The highest BCUT2D eigenvalue weighted by molar-refractivity contribution is 5.76. The molecule has 1 aliphatic rings. The standard InChI is InChI=1S/C9H18N2O2/c1-7-3-4-8(5-11-7)13-6-9(12)10-2/h7-8,11H,3-6H2,1-2H3,(H,10,12). The average molecular weight is 186 g/mol. The van der Waals surface area contributed by atoms with Gasteiger partial charge in [-0.2, -0.15) is 0 Å². The van der Waals surface area contributed by atoms with Crippen LogP contribution in [-0.2, 0) is 9.53 Å². The molecule has 1 heterocycles. The summed E-state index contributed by atoms with van der Waals surface area (Å²) in [6.07, 6.45) is 2.37. The summed E-state index contributed by atoms with van der Waals surface area (Å²) in [7, 11) is 1.62. The second kappa shape index (κ2) is 5.19. The van der Waals surface area contributed by atoms with Crippen molar-refractivity contribution in [1.29, 1.82) is 0 Å². The first-order chi connectivity index (χ1) is 6.22. The maximum absolute atomic E-state index is 10.9. The number of amides is 1. The van der Waals surface area contributed by atoms with E-state index in [4.69, 9.17) is 4.74 Å². The molecule has 0 aliphatic carbocycles. The van der Waals surface area contributed by atoms with Crippen LogP contribution >= 0.6 is 0 Å². The molecule has 0 aromatic rings. The first-order valence-electron chi connectivity index (χ1n) is 4.78. The van der Waals surface area contributed by atoms with Crippen molar-refractivity contribution in [2.75, 3.05) is 20.2 Å². The normalized spacial score (nSPS) is 28.5. The predicted molar refractivity (Wildman–Crippen MR) is 50.5 cm³/mol. The first-order valence-corrected chi connectivity index (χ1v) is 4.78. The third kappa shape index (κ3) is 3.74. The van der Waals surface area contributed by atoms with E-state index in [1.807, 2.05) is 0 Å². The lowest BCUT2D eigenvalue weighted by Gasteiger charge is -2.27. The van der Waals surface area contributed by atoms with Gasteiger partial charge in [0.1, 0.15) is 6.61 Å². The Labute approximate surface area is 79.0 Å². The number of piperidine rings is 1. The third-order valence-corrected chi connectivity index (χ3v) is 2.34. The van der Waals surface area contributed by atoms with Crippen LogP contribution in [0.2, 0.25) is 0 Å². The Morgan fingerprint density at radius 1 is 1.62 bits per heavy atom. The zero-order valence-electron chi connectivity index (χ0n) is 8.30. The van der Waals surface area contributed by atoms with Crippen molar-refractivity contribution in [3.05, 3.63) is 0 Å². The van der Waals surface area contributed by atoms with Crippen molar-refractivity contribution in [2.24, 2.45) is 0 Å². The average Bonchev–Trinajstić information content (AvgIpc) is 2.16. The highest BCUT2D eigenvalue weighted by Crippen LogP contribution is 2.10. The van der Waals surface area contributed by atoms with E-state index in [9.17, 15) is 4.79 Å². The Balaban J connectivity index is 2.12. The van der Waals surface area contributed by atoms with E-state index in [-0.39, 0.29) is 18.6 Å². The van der Waals surface area contributed by atoms with E-state index in [0.29, 0.717) is 6.04 Å². The van der Waals surface area contributed by atoms with Crippen molar-refractivity contribution in [2.45, 2.75) is 31.9 Å². The minimum absolute atomic E-state index is 0.0568. The molecule has 0 bridgehead atoms. The molecule has 1 saturated heterocycles. The van der Waals surface area contributed by atoms with Gasteiger partial charge in [-0.3, -0.25) is 4.79 Å². The Kier molecular flexibility index (Phi) is 4.18. The van der Waals surface area contributed by atoms with Gasteiger partial charge < -0.3 is 15.4 Å². The van der Waals surface area contributed by atoms with Crippen LogP contribution in [0, 0.1) is 0 Å². The van der Waals surface area contributed by atoms with Gasteiger partial charge in [-0.25, -0.2) is 0 Å². The van der Waals surface area contributed by atoms with E-state index in [2.05, 4.69) is 17.6 Å². The van der Waals surface area contributed by atoms with E-state index in [1.165, 1.54) is 0 Å². The molecule has 76 valence electrons. The quantitative estimate of drug-likeness (QED) is 0.646. The van der Waals surface area contributed by atoms with Crippen LogP contribution in [0.15, 0.2) is 0 Å². The van der Waals surface area contributed by atoms with Crippen molar-refractivity contribution in [1.82, 2.24) is 10.6 Å². The van der Waals surface area contributed by atoms with Crippen LogP contribution in [0.4, 0.5) is 0 Å². The second-order valence-electron chi connectivity index (χ2n) is 3.49. The number of likely N-dealkylation sites (N-methyl/N-ethyl adjacent to an activating group) is 1. The lowest BCUT2D eigenvalue weighted by Crippen LogP contribution is -2.42. The van der Waals surface area contributed by atoms with Gasteiger partial charge in [0, 0.05) is 19.6 Å². The highest BCUT2D eigenvalue weighted by Gasteiger charge is 2.18. The topological polar surface area (TPSA) is 50.4 Å². The maximum Gasteiger partial charge on any atom is 0.245 e. The predicted octanol–water partition coefficient (Wildman–Crippen LogP) is -0.111. The van der Waals surface area contributed by atoms with Crippen LogP contribution in [0.25, 0.3) is 0 Å². The molecule has 1 amide bonds. The van der Waals surface area contributed by atoms with E-state index < -0.39 is 0 Å². The molecule has 2 atom stereocenters. The molecule has 0 aromatic carbocycles. The minimum Gasteiger partial charge on any atom is -0.367 e. The summed E-state index contributed by atoms with van der Waals surface area (Å²) in [6, 6.07) is 0.583. The fraction of sp³-hybridized carbons (Fsp3) is 0.889. The van der Waals surface area contributed by atoms with Gasteiger partial charge in [0.2, 0.25) is 5.91 Å². The smallest absolute Gasteiger partial charge is 0.245 e. The van der Waals surface area contributed by atoms with Gasteiger partial charge in [-0.05, 0) is 19.8 Å². The molecule has 4 heteroatoms. The van der Waals surface area contributed by atoms with Crippen LogP contribution < -0.4 is 10.6 Å². The Morgan fingerprint density at radius 3 is 2.92 bits per heavy atom. The number of nitrogens with one attached hydrogen (secondary N) is 2. The lowest BCUT2D eigenvalue weighted by atomic mass is 10.0. The van der Waals surface area contributed by atoms with Gasteiger partial charge in [-0.15, -0.1) is 0 Å². The van der Waals surface area contributed by atoms with Crippen molar-refractivity contribution < 1.29 is 9.53 Å². The van der Waals surface area contributed by atoms with Gasteiger partial charge in [0.15, 0.2) is 0 Å². The number of hydrogen-bond acceptors (Lipinski definition) is 3. The van der Waals surface area contributed by atoms with E-state index in [1.54, 1.807) is 7.05 Å². The van der Waals surface area contributed by atoms with Crippen LogP contribution in [0.1, 0.15) is 19.8 Å². The number of hydrogen-bond donors (Lipinski definition) is 2. The van der Waals surface area contributed by atoms with E-state index >= 15 is 0 Å². The lowest BCUT2D eigenvalue weighted by molar-refractivity contribution is -0.127. The summed E-state index contributed by atoms with van der Waals surface area (Å²) in [5, 5.41) is 5.85. The van der Waals surface area contributed by atoms with Crippen LogP contribution in [-0.4, -0.2) is 38.3 Å². The fourth-order valence-electron chi connectivity index (χ4n) is 1.38. The van der Waals surface area contributed by atoms with Crippen LogP contribution in [0.3, 0.4) is 0 Å². The van der Waals surface area contributed by atoms with Gasteiger partial charge in [-0.1, -0.05) is 0 Å². The summed E-state index contributed by atoms with van der Waals surface area (Å²) in [6.45, 7) is 3.20. The number of rotatable bonds is 3. The van der Waals surface area contributed by atoms with Crippen molar-refractivity contribution >= 4 is 5.91 Å². The first kappa shape index (κ1) is 10.5. The van der Waals surface area contributed by atoms with Crippen LogP contribution in [0.5, 0.6) is 0 Å². The molecule has 2 N–H and O–H groups in total. The number of carbonyl (C=O) groups is 1. The molecule has 2 unspecified atom stereocenters. The Morgan fingerprint density at radius 2 is 2.38 bits per heavy atom. The summed E-state index contributed by atoms with van der Waals surface area (Å²) in [4.78, 5) is 10.9. The molecule has 4 nitrogen and oxygen atoms in total. The van der Waals surface area contributed by atoms with Gasteiger partial charge in [0.25, 0.3) is 0 Å². The molecule has 0 spiro atoms. The summed E-state index contributed by atoms with van der Waals surface area (Å²) in [5.41, 5.74) is 0. The second-order valence-corrected chi connectivity index (χ2v) is 3.49. The molecular formula is C9H18N2O2. The zero-order chi connectivity index (χ0) is 9.68. The third-order valence-electron chi connectivity index (χ3n) is 2.34. The van der Waals surface area contributed by atoms with Crippen molar-refractivity contribution in [3.63, 3.8) is 0 Å². The summed E-state index contributed by atoms with van der Waals surface area (Å²) < 4.78 is 5.41.